The number of nitrogens with zero attached hydrogens (tertiary/aromatic N) is 4. The molecule has 6 nitrogen and oxygen atoms in total. The van der Waals surface area contributed by atoms with E-state index in [9.17, 15) is 4.79 Å². The van der Waals surface area contributed by atoms with Gasteiger partial charge in [0.15, 0.2) is 0 Å². The first-order chi connectivity index (χ1) is 10.2. The van der Waals surface area contributed by atoms with Crippen molar-refractivity contribution in [3.63, 3.8) is 0 Å². The van der Waals surface area contributed by atoms with Crippen LogP contribution in [-0.4, -0.2) is 25.6 Å². The van der Waals surface area contributed by atoms with Gasteiger partial charge >= 0.3 is 0 Å². The molecular formula is C15H20N4O2. The molecule has 2 rings (SSSR count). The third-order valence-electron chi connectivity index (χ3n) is 3.48. The quantitative estimate of drug-likeness (QED) is 0.456. The monoisotopic (exact) mass is 288 g/mol. The maximum atomic E-state index is 12.2. The third kappa shape index (κ3) is 3.67. The van der Waals surface area contributed by atoms with Crippen LogP contribution in [0.2, 0.25) is 0 Å². The number of hydrogen-bond acceptors (Lipinski definition) is 3. The lowest BCUT2D eigenvalue weighted by atomic mass is 10.1. The first-order valence-electron chi connectivity index (χ1n) is 7.20. The van der Waals surface area contributed by atoms with E-state index in [2.05, 4.69) is 10.0 Å². The summed E-state index contributed by atoms with van der Waals surface area (Å²) >= 11 is 0. The summed E-state index contributed by atoms with van der Waals surface area (Å²) in [4.78, 5) is 16.7. The van der Waals surface area contributed by atoms with Gasteiger partial charge in [-0.2, -0.15) is 0 Å². The van der Waals surface area contributed by atoms with E-state index in [1.807, 2.05) is 32.0 Å². The maximum Gasteiger partial charge on any atom is 0.227 e. The Morgan fingerprint density at radius 3 is 3.05 bits per heavy atom. The van der Waals surface area contributed by atoms with E-state index in [0.29, 0.717) is 26.1 Å². The Morgan fingerprint density at radius 1 is 1.52 bits per heavy atom. The number of ether oxygens (including phenoxy) is 1. The number of aryl methyl sites for hydroxylation is 1. The molecule has 1 atom stereocenters. The molecule has 1 aromatic rings. The molecule has 0 aromatic heterocycles. The zero-order valence-corrected chi connectivity index (χ0v) is 12.5. The molecule has 0 spiro atoms. The van der Waals surface area contributed by atoms with Gasteiger partial charge in [0.2, 0.25) is 5.91 Å². The number of carbonyl (C=O) groups is 1. The molecule has 6 heteroatoms. The van der Waals surface area contributed by atoms with E-state index in [0.717, 1.165) is 23.4 Å². The predicted octanol–water partition coefficient (Wildman–Crippen LogP) is 3.45. The van der Waals surface area contributed by atoms with Crippen molar-refractivity contribution < 1.29 is 9.53 Å². The zero-order chi connectivity index (χ0) is 15.2. The topological polar surface area (TPSA) is 78.3 Å². The van der Waals surface area contributed by atoms with Crippen LogP contribution in [-0.2, 0) is 4.79 Å². The summed E-state index contributed by atoms with van der Waals surface area (Å²) in [5.41, 5.74) is 10.3. The minimum atomic E-state index is 0.0540. The average molecular weight is 288 g/mol. The van der Waals surface area contributed by atoms with Crippen LogP contribution in [0.5, 0.6) is 5.75 Å². The van der Waals surface area contributed by atoms with Crippen molar-refractivity contribution in [2.45, 2.75) is 26.7 Å². The van der Waals surface area contributed by atoms with Gasteiger partial charge < -0.3 is 9.64 Å². The molecule has 112 valence electrons. The van der Waals surface area contributed by atoms with Crippen molar-refractivity contribution in [2.75, 3.05) is 24.6 Å². The normalized spacial score (nSPS) is 17.7. The molecule has 1 fully saturated rings. The van der Waals surface area contributed by atoms with E-state index in [1.165, 1.54) is 0 Å². The molecule has 1 saturated heterocycles. The maximum absolute atomic E-state index is 12.2. The van der Waals surface area contributed by atoms with Crippen LogP contribution in [0.1, 0.15) is 25.3 Å². The van der Waals surface area contributed by atoms with E-state index in [4.69, 9.17) is 10.3 Å². The molecule has 1 aliphatic rings. The summed E-state index contributed by atoms with van der Waals surface area (Å²) in [6, 6.07) is 5.86. The molecule has 0 bridgehead atoms. The van der Waals surface area contributed by atoms with Crippen LogP contribution in [0.25, 0.3) is 10.4 Å². The van der Waals surface area contributed by atoms with Gasteiger partial charge in [0, 0.05) is 24.4 Å². The van der Waals surface area contributed by atoms with Crippen molar-refractivity contribution in [2.24, 2.45) is 11.0 Å². The molecule has 1 heterocycles. The van der Waals surface area contributed by atoms with Crippen LogP contribution in [0, 0.1) is 12.8 Å². The van der Waals surface area contributed by atoms with E-state index >= 15 is 0 Å². The minimum Gasteiger partial charge on any atom is -0.491 e. The number of rotatable bonds is 6. The lowest BCUT2D eigenvalue weighted by molar-refractivity contribution is -0.117. The van der Waals surface area contributed by atoms with Crippen molar-refractivity contribution in [1.29, 1.82) is 0 Å². The lowest BCUT2D eigenvalue weighted by Gasteiger charge is -2.21. The summed E-state index contributed by atoms with van der Waals surface area (Å²) in [7, 11) is 0. The van der Waals surface area contributed by atoms with Crippen molar-refractivity contribution in [3.05, 3.63) is 34.2 Å². The fraction of sp³-hybridized carbons (Fsp3) is 0.533. The van der Waals surface area contributed by atoms with Gasteiger partial charge in [-0.3, -0.25) is 4.79 Å². The summed E-state index contributed by atoms with van der Waals surface area (Å²) in [6.45, 7) is 5.60. The second-order valence-corrected chi connectivity index (χ2v) is 5.31. The Morgan fingerprint density at radius 2 is 2.33 bits per heavy atom. The molecule has 0 radical (unpaired) electrons. The van der Waals surface area contributed by atoms with Gasteiger partial charge in [0.25, 0.3) is 0 Å². The lowest BCUT2D eigenvalue weighted by Crippen LogP contribution is -2.25. The predicted molar refractivity (Wildman–Crippen MR) is 81.4 cm³/mol. The van der Waals surface area contributed by atoms with Crippen molar-refractivity contribution in [1.82, 2.24) is 0 Å². The summed E-state index contributed by atoms with van der Waals surface area (Å²) in [5.74, 6) is 0.877. The van der Waals surface area contributed by atoms with Gasteiger partial charge in [0.1, 0.15) is 5.75 Å². The molecule has 1 aliphatic heterocycles. The number of anilines is 1. The van der Waals surface area contributed by atoms with Gasteiger partial charge in [-0.05, 0) is 42.5 Å². The average Bonchev–Trinajstić information content (AvgIpc) is 2.84. The minimum absolute atomic E-state index is 0.0540. The fourth-order valence-corrected chi connectivity index (χ4v) is 2.46. The third-order valence-corrected chi connectivity index (χ3v) is 3.48. The van der Waals surface area contributed by atoms with Crippen molar-refractivity contribution in [3.8, 4) is 5.75 Å². The molecule has 21 heavy (non-hydrogen) atoms. The highest BCUT2D eigenvalue weighted by Gasteiger charge is 2.31. The highest BCUT2D eigenvalue weighted by atomic mass is 16.5. The smallest absolute Gasteiger partial charge is 0.227 e. The van der Waals surface area contributed by atoms with E-state index in [1.54, 1.807) is 4.90 Å². The standard InChI is InChI=1S/C15H20N4O2/c1-3-6-21-14-7-11(2)4-5-13(14)19-10-12(8-15(19)20)9-17-18-16/h4-5,7,12H,3,6,8-10H2,1-2H3. The molecule has 0 N–H and O–H groups in total. The summed E-state index contributed by atoms with van der Waals surface area (Å²) in [5, 5.41) is 3.57. The van der Waals surface area contributed by atoms with Crippen molar-refractivity contribution >= 4 is 11.6 Å². The SMILES string of the molecule is CCCOc1cc(C)ccc1N1CC(CN=[N+]=[N-])CC1=O. The number of benzene rings is 1. The second kappa shape index (κ2) is 6.99. The largest absolute Gasteiger partial charge is 0.491 e. The van der Waals surface area contributed by atoms with Gasteiger partial charge in [0.05, 0.1) is 12.3 Å². The molecular weight excluding hydrogens is 268 g/mol. The van der Waals surface area contributed by atoms with Gasteiger partial charge in [-0.25, -0.2) is 0 Å². The van der Waals surface area contributed by atoms with E-state index in [-0.39, 0.29) is 11.8 Å². The Labute approximate surface area is 124 Å². The van der Waals surface area contributed by atoms with Crippen LogP contribution in [0.4, 0.5) is 5.69 Å². The van der Waals surface area contributed by atoms with E-state index < -0.39 is 0 Å². The molecule has 1 amide bonds. The number of carbonyl (C=O) groups excluding carboxylic acids is 1. The second-order valence-electron chi connectivity index (χ2n) is 5.31. The fourth-order valence-electron chi connectivity index (χ4n) is 2.46. The Kier molecular flexibility index (Phi) is 5.06. The Bertz CT molecular complexity index is 567. The number of hydrogen-bond donors (Lipinski definition) is 0. The van der Waals surface area contributed by atoms with Crippen LogP contribution in [0.3, 0.4) is 0 Å². The summed E-state index contributed by atoms with van der Waals surface area (Å²) < 4.78 is 5.77. The number of amides is 1. The van der Waals surface area contributed by atoms with Crippen LogP contribution < -0.4 is 9.64 Å². The molecule has 0 aliphatic carbocycles. The summed E-state index contributed by atoms with van der Waals surface area (Å²) in [6.07, 6.45) is 1.33. The first kappa shape index (κ1) is 15.2. The Hall–Kier alpha value is -2.20. The molecule has 1 unspecified atom stereocenters. The Balaban J connectivity index is 2.20. The van der Waals surface area contributed by atoms with Crippen LogP contribution >= 0.6 is 0 Å². The first-order valence-corrected chi connectivity index (χ1v) is 7.20. The highest BCUT2D eigenvalue weighted by Crippen LogP contribution is 2.34. The van der Waals surface area contributed by atoms with Crippen LogP contribution in [0.15, 0.2) is 23.3 Å². The van der Waals surface area contributed by atoms with Gasteiger partial charge in [-0.1, -0.05) is 18.1 Å². The van der Waals surface area contributed by atoms with Gasteiger partial charge in [-0.15, -0.1) is 0 Å². The highest BCUT2D eigenvalue weighted by molar-refractivity contribution is 5.97. The molecule has 1 aromatic carbocycles. The zero-order valence-electron chi connectivity index (χ0n) is 12.5. The molecule has 0 saturated carbocycles. The number of azide groups is 1.